The molecule has 1 aromatic heterocycles. The van der Waals surface area contributed by atoms with E-state index in [1.54, 1.807) is 42.5 Å². The van der Waals surface area contributed by atoms with Crippen molar-refractivity contribution in [3.05, 3.63) is 58.3 Å². The van der Waals surface area contributed by atoms with Gasteiger partial charge in [-0.1, -0.05) is 18.3 Å². The molecule has 0 aliphatic carbocycles. The van der Waals surface area contributed by atoms with Crippen LogP contribution in [0.2, 0.25) is 0 Å². The number of amides is 1. The Hall–Kier alpha value is -2.03. The Labute approximate surface area is 147 Å². The molecule has 120 valence electrons. The van der Waals surface area contributed by atoms with Gasteiger partial charge < -0.3 is 10.1 Å². The second kappa shape index (κ2) is 8.56. The van der Waals surface area contributed by atoms with Crippen LogP contribution in [0.4, 0.5) is 0 Å². The van der Waals surface area contributed by atoms with Gasteiger partial charge in [-0.25, -0.2) is 4.98 Å². The van der Waals surface area contributed by atoms with Crippen LogP contribution in [0.15, 0.2) is 47.1 Å². The zero-order valence-electron chi connectivity index (χ0n) is 12.0. The molecule has 0 saturated heterocycles. The van der Waals surface area contributed by atoms with Crippen LogP contribution in [0.5, 0.6) is 5.75 Å². The average molecular weight is 396 g/mol. The molecule has 1 heterocycles. The Morgan fingerprint density at radius 1 is 1.26 bits per heavy atom. The number of benzene rings is 1. The van der Waals surface area contributed by atoms with Gasteiger partial charge in [-0.05, 0) is 52.3 Å². The maximum Gasteiger partial charge on any atom is 0.270 e. The Bertz CT molecular complexity index is 695. The monoisotopic (exact) mass is 395 g/mol. The minimum Gasteiger partial charge on any atom is -0.492 e. The molecule has 0 aliphatic heterocycles. The van der Waals surface area contributed by atoms with Crippen molar-refractivity contribution in [2.24, 2.45) is 0 Å². The highest BCUT2D eigenvalue weighted by Gasteiger charge is 2.06. The lowest BCUT2D eigenvalue weighted by Gasteiger charge is -2.08. The number of hydrogen-bond acceptors (Lipinski definition) is 5. The zero-order valence-corrected chi connectivity index (χ0v) is 14.4. The van der Waals surface area contributed by atoms with E-state index in [0.717, 1.165) is 0 Å². The summed E-state index contributed by atoms with van der Waals surface area (Å²) < 4.78 is 6.12. The number of aromatic nitrogens is 1. The number of carbonyl (C=O) groups excluding carboxylic acids is 1. The molecule has 1 aromatic carbocycles. The number of thiocarbonyl (C=S) groups is 1. The predicted octanol–water partition coefficient (Wildman–Crippen LogP) is 2.31. The van der Waals surface area contributed by atoms with Crippen molar-refractivity contribution < 1.29 is 14.7 Å². The van der Waals surface area contributed by atoms with Crippen LogP contribution in [0, 0.1) is 0 Å². The Morgan fingerprint density at radius 2 is 2.00 bits per heavy atom. The molecule has 0 fully saturated rings. The largest absolute Gasteiger partial charge is 0.492 e. The van der Waals surface area contributed by atoms with Gasteiger partial charge in [-0.3, -0.25) is 15.5 Å². The maximum atomic E-state index is 11.9. The summed E-state index contributed by atoms with van der Waals surface area (Å²) in [7, 11) is 0. The first-order chi connectivity index (χ1) is 11.1. The van der Waals surface area contributed by atoms with Crippen LogP contribution in [-0.2, 0) is 0 Å². The average Bonchev–Trinajstić information content (AvgIpc) is 2.58. The molecule has 6 nitrogen and oxygen atoms in total. The quantitative estimate of drug-likeness (QED) is 0.301. The summed E-state index contributed by atoms with van der Waals surface area (Å²) >= 11 is 8.12. The van der Waals surface area contributed by atoms with Crippen LogP contribution >= 0.6 is 28.1 Å². The third-order valence-electron chi connectivity index (χ3n) is 2.82. The van der Waals surface area contributed by atoms with Crippen LogP contribution < -0.4 is 15.5 Å². The molecule has 0 atom stereocenters. The molecule has 0 spiro atoms. The molecule has 0 saturated carbocycles. The molecule has 8 heteroatoms. The van der Waals surface area contributed by atoms with E-state index >= 15 is 0 Å². The van der Waals surface area contributed by atoms with Gasteiger partial charge in [0, 0.05) is 5.56 Å². The number of nitrogens with one attached hydrogen (secondary N) is 2. The Balaban J connectivity index is 1.77. The minimum atomic E-state index is -0.260. The lowest BCUT2D eigenvalue weighted by atomic mass is 10.2. The van der Waals surface area contributed by atoms with Gasteiger partial charge in [0.05, 0.1) is 6.54 Å². The third-order valence-corrected chi connectivity index (χ3v) is 3.59. The SMILES string of the molecule is O=C(NCCOc1ccc(C(=S)NO)cc1)c1cccc(Br)n1. The normalized spacial score (nSPS) is 10.0. The van der Waals surface area contributed by atoms with Gasteiger partial charge in [0.2, 0.25) is 0 Å². The first-order valence-corrected chi connectivity index (χ1v) is 7.88. The summed E-state index contributed by atoms with van der Waals surface area (Å²) in [6.45, 7) is 0.674. The zero-order chi connectivity index (χ0) is 16.7. The van der Waals surface area contributed by atoms with E-state index in [9.17, 15) is 4.79 Å². The van der Waals surface area contributed by atoms with E-state index in [1.165, 1.54) is 0 Å². The van der Waals surface area contributed by atoms with Crippen LogP contribution in [-0.4, -0.2) is 34.2 Å². The van der Waals surface area contributed by atoms with Crippen molar-refractivity contribution in [1.29, 1.82) is 0 Å². The molecule has 0 aliphatic rings. The highest BCUT2D eigenvalue weighted by atomic mass is 79.9. The molecule has 2 aromatic rings. The number of halogens is 1. The topological polar surface area (TPSA) is 83.5 Å². The van der Waals surface area contributed by atoms with Gasteiger partial charge >= 0.3 is 0 Å². The first-order valence-electron chi connectivity index (χ1n) is 6.68. The highest BCUT2D eigenvalue weighted by molar-refractivity contribution is 9.10. The summed E-state index contributed by atoms with van der Waals surface area (Å²) in [5.41, 5.74) is 2.94. The van der Waals surface area contributed by atoms with Crippen molar-refractivity contribution in [3.63, 3.8) is 0 Å². The summed E-state index contributed by atoms with van der Waals surface area (Å²) in [5, 5.41) is 11.4. The number of carbonyl (C=O) groups is 1. The van der Waals surface area contributed by atoms with E-state index in [1.807, 2.05) is 5.48 Å². The minimum absolute atomic E-state index is 0.241. The van der Waals surface area contributed by atoms with Crippen molar-refractivity contribution in [3.8, 4) is 5.75 Å². The van der Waals surface area contributed by atoms with Crippen molar-refractivity contribution in [2.75, 3.05) is 13.2 Å². The molecule has 2 rings (SSSR count). The lowest BCUT2D eigenvalue weighted by molar-refractivity contribution is 0.0942. The molecular formula is C15H14BrN3O3S. The molecule has 0 radical (unpaired) electrons. The van der Waals surface area contributed by atoms with Gasteiger partial charge in [-0.15, -0.1) is 0 Å². The molecule has 3 N–H and O–H groups in total. The molecule has 0 bridgehead atoms. The van der Waals surface area contributed by atoms with Crippen molar-refractivity contribution in [1.82, 2.24) is 15.8 Å². The predicted molar refractivity (Wildman–Crippen MR) is 92.8 cm³/mol. The van der Waals surface area contributed by atoms with Crippen LogP contribution in [0.25, 0.3) is 0 Å². The number of hydroxylamine groups is 1. The maximum absolute atomic E-state index is 11.9. The summed E-state index contributed by atoms with van der Waals surface area (Å²) in [6.07, 6.45) is 0. The van der Waals surface area contributed by atoms with Gasteiger partial charge in [0.25, 0.3) is 5.91 Å². The van der Waals surface area contributed by atoms with E-state index < -0.39 is 0 Å². The van der Waals surface area contributed by atoms with Crippen LogP contribution in [0.3, 0.4) is 0 Å². The fourth-order valence-corrected chi connectivity index (χ4v) is 2.21. The summed E-state index contributed by atoms with van der Waals surface area (Å²) in [5.74, 6) is 0.383. The summed E-state index contributed by atoms with van der Waals surface area (Å²) in [4.78, 5) is 16.2. The standard InChI is InChI=1S/C15H14BrN3O3S/c16-13-3-1-2-12(18-13)14(20)17-8-9-22-11-6-4-10(5-7-11)15(23)19-21/h1-7,21H,8-9H2,(H,17,20)(H,19,23). The Kier molecular flexibility index (Phi) is 6.45. The third kappa shape index (κ3) is 5.27. The fraction of sp³-hybridized carbons (Fsp3) is 0.133. The van der Waals surface area contributed by atoms with E-state index in [4.69, 9.17) is 22.2 Å². The van der Waals surface area contributed by atoms with Gasteiger partial charge in [0.1, 0.15) is 27.6 Å². The number of rotatable bonds is 6. The number of pyridine rings is 1. The molecule has 0 unspecified atom stereocenters. The Morgan fingerprint density at radius 3 is 2.65 bits per heavy atom. The second-order valence-electron chi connectivity index (χ2n) is 4.42. The van der Waals surface area contributed by atoms with Crippen LogP contribution in [0.1, 0.15) is 16.1 Å². The summed E-state index contributed by atoms with van der Waals surface area (Å²) in [6, 6.07) is 12.1. The highest BCUT2D eigenvalue weighted by Crippen LogP contribution is 2.12. The number of hydrogen-bond donors (Lipinski definition) is 3. The smallest absolute Gasteiger partial charge is 0.270 e. The van der Waals surface area contributed by atoms with Gasteiger partial charge in [0.15, 0.2) is 0 Å². The fourth-order valence-electron chi connectivity index (χ4n) is 1.73. The van der Waals surface area contributed by atoms with E-state index in [-0.39, 0.29) is 10.9 Å². The number of ether oxygens (including phenoxy) is 1. The van der Waals surface area contributed by atoms with E-state index in [2.05, 4.69) is 26.2 Å². The number of nitrogens with zero attached hydrogens (tertiary/aromatic N) is 1. The molecular weight excluding hydrogens is 382 g/mol. The first kappa shape index (κ1) is 17.3. The van der Waals surface area contributed by atoms with Gasteiger partial charge in [-0.2, -0.15) is 0 Å². The molecule has 23 heavy (non-hydrogen) atoms. The van der Waals surface area contributed by atoms with Crippen molar-refractivity contribution >= 4 is 39.0 Å². The lowest BCUT2D eigenvalue weighted by Crippen LogP contribution is -2.28. The molecule has 1 amide bonds. The second-order valence-corrected chi connectivity index (χ2v) is 5.64. The van der Waals surface area contributed by atoms with E-state index in [0.29, 0.717) is 34.8 Å². The van der Waals surface area contributed by atoms with Crippen molar-refractivity contribution in [2.45, 2.75) is 0 Å².